The van der Waals surface area contributed by atoms with E-state index in [1.807, 2.05) is 0 Å². The van der Waals surface area contributed by atoms with Crippen LogP contribution in [0.5, 0.6) is 0 Å². The molecule has 1 saturated heterocycles. The smallest absolute Gasteiger partial charge is 0.351 e. The summed E-state index contributed by atoms with van der Waals surface area (Å²) >= 11 is 6.14. The Bertz CT molecular complexity index is 703. The van der Waals surface area contributed by atoms with Crippen molar-refractivity contribution in [2.45, 2.75) is 69.0 Å². The highest BCUT2D eigenvalue weighted by Gasteiger charge is 2.56. The molecule has 0 aliphatic carbocycles. The fraction of sp³-hybridized carbons (Fsp3) is 0.706. The van der Waals surface area contributed by atoms with E-state index in [1.165, 1.54) is 12.3 Å². The number of anilines is 1. The molecule has 0 amide bonds. The molecule has 0 aromatic carbocycles. The van der Waals surface area contributed by atoms with Crippen LogP contribution in [0.4, 0.5) is 10.2 Å². The van der Waals surface area contributed by atoms with Crippen LogP contribution in [0.25, 0.3) is 0 Å². The number of hydrogen-bond acceptors (Lipinski definition) is 7. The topological polar surface area (TPSA) is 117 Å². The summed E-state index contributed by atoms with van der Waals surface area (Å²) in [7, 11) is 0. The summed E-state index contributed by atoms with van der Waals surface area (Å²) in [6.45, 7) is 1.55. The lowest BCUT2D eigenvalue weighted by Crippen LogP contribution is -2.41. The molecular formula is C17H25ClFN3O5. The lowest BCUT2D eigenvalue weighted by Gasteiger charge is -2.24. The minimum Gasteiger partial charge on any atom is -0.461 e. The number of unbranched alkanes of at least 4 members (excludes halogenated alkanes) is 4. The molecule has 27 heavy (non-hydrogen) atoms. The van der Waals surface area contributed by atoms with E-state index in [0.717, 1.165) is 30.3 Å². The van der Waals surface area contributed by atoms with Crippen molar-refractivity contribution in [3.63, 3.8) is 0 Å². The highest BCUT2D eigenvalue weighted by atomic mass is 35.5. The van der Waals surface area contributed by atoms with Crippen LogP contribution in [-0.4, -0.2) is 44.6 Å². The summed E-state index contributed by atoms with van der Waals surface area (Å²) < 4.78 is 25.7. The van der Waals surface area contributed by atoms with E-state index in [-0.39, 0.29) is 12.2 Å². The number of carbonyl (C=O) groups is 1. The van der Waals surface area contributed by atoms with Crippen molar-refractivity contribution in [3.05, 3.63) is 22.7 Å². The molecule has 0 unspecified atom stereocenters. The number of halogens is 2. The highest BCUT2D eigenvalue weighted by molar-refractivity contribution is 6.23. The number of nitrogens with zero attached hydrogens (tertiary/aromatic N) is 2. The van der Waals surface area contributed by atoms with Crippen molar-refractivity contribution in [1.29, 1.82) is 0 Å². The molecule has 0 bridgehead atoms. The average Bonchev–Trinajstić information content (AvgIpc) is 2.85. The lowest BCUT2D eigenvalue weighted by atomic mass is 10.1. The van der Waals surface area contributed by atoms with Crippen LogP contribution >= 0.6 is 11.6 Å². The third-order valence-corrected chi connectivity index (χ3v) is 4.79. The van der Waals surface area contributed by atoms with E-state index in [9.17, 15) is 19.1 Å². The zero-order chi connectivity index (χ0) is 20.0. The minimum atomic E-state index is -2.02. The van der Waals surface area contributed by atoms with Gasteiger partial charge < -0.3 is 20.3 Å². The summed E-state index contributed by atoms with van der Waals surface area (Å²) in [6.07, 6.45) is 0.922. The minimum absolute atomic E-state index is 0.0322. The molecule has 0 spiro atoms. The maximum Gasteiger partial charge on any atom is 0.351 e. The molecule has 1 aliphatic rings. The molecule has 4 atom stereocenters. The van der Waals surface area contributed by atoms with Crippen LogP contribution in [0.3, 0.4) is 0 Å². The lowest BCUT2D eigenvalue weighted by molar-refractivity contribution is -0.153. The molecule has 1 aliphatic heterocycles. The van der Waals surface area contributed by atoms with Gasteiger partial charge in [-0.2, -0.15) is 4.98 Å². The quantitative estimate of drug-likeness (QED) is 0.366. The Kier molecular flexibility index (Phi) is 7.58. The maximum atomic E-state index is 14.5. The SMILES string of the molecule is CCCCCCCC(=O)OC[C@@]1(Cl)O[C@@H](n2ccc(N)nc2=O)[C@H](F)[C@@H]1O. The molecule has 1 fully saturated rings. The third kappa shape index (κ3) is 5.40. The summed E-state index contributed by atoms with van der Waals surface area (Å²) in [5, 5.41) is 8.10. The van der Waals surface area contributed by atoms with Crippen LogP contribution in [0.1, 0.15) is 51.7 Å². The molecule has 2 rings (SSSR count). The van der Waals surface area contributed by atoms with Gasteiger partial charge in [0.25, 0.3) is 0 Å². The molecule has 1 aromatic rings. The number of ether oxygens (including phenoxy) is 2. The Balaban J connectivity index is 1.93. The summed E-state index contributed by atoms with van der Waals surface area (Å²) in [4.78, 5) is 27.2. The van der Waals surface area contributed by atoms with Crippen molar-refractivity contribution in [2.75, 3.05) is 12.3 Å². The fourth-order valence-corrected chi connectivity index (χ4v) is 3.07. The van der Waals surface area contributed by atoms with E-state index < -0.39 is 41.8 Å². The number of aromatic nitrogens is 2. The van der Waals surface area contributed by atoms with Crippen molar-refractivity contribution in [2.24, 2.45) is 0 Å². The molecular weight excluding hydrogens is 381 g/mol. The van der Waals surface area contributed by atoms with Crippen molar-refractivity contribution < 1.29 is 23.8 Å². The molecule has 0 saturated carbocycles. The number of rotatable bonds is 9. The zero-order valence-electron chi connectivity index (χ0n) is 15.1. The molecule has 2 heterocycles. The third-order valence-electron chi connectivity index (χ3n) is 4.37. The number of aliphatic hydroxyl groups is 1. The van der Waals surface area contributed by atoms with Gasteiger partial charge in [0.2, 0.25) is 5.06 Å². The second kappa shape index (κ2) is 9.48. The number of esters is 1. The van der Waals surface area contributed by atoms with Crippen LogP contribution in [-0.2, 0) is 14.3 Å². The second-order valence-electron chi connectivity index (χ2n) is 6.55. The zero-order valence-corrected chi connectivity index (χ0v) is 15.9. The standard InChI is InChI=1S/C17H25ClFN3O5/c1-2-3-4-5-6-7-12(23)26-10-17(18)14(24)13(19)15(27-17)22-9-8-11(20)21-16(22)25/h8-9,13-15,24H,2-7,10H2,1H3,(H2,20,21,25)/t13-,14+,15-,17-/m1/s1. The maximum absolute atomic E-state index is 14.5. The van der Waals surface area contributed by atoms with Gasteiger partial charge in [-0.3, -0.25) is 9.36 Å². The number of nitrogens with two attached hydrogens (primary N) is 1. The Labute approximate surface area is 161 Å². The number of nitrogen functional groups attached to an aromatic ring is 1. The normalized spacial score (nSPS) is 27.6. The van der Waals surface area contributed by atoms with Crippen molar-refractivity contribution >= 4 is 23.4 Å². The predicted octanol–water partition coefficient (Wildman–Crippen LogP) is 1.89. The summed E-state index contributed by atoms with van der Waals surface area (Å²) in [5.41, 5.74) is 4.55. The molecule has 3 N–H and O–H groups in total. The molecule has 152 valence electrons. The Hall–Kier alpha value is -1.71. The predicted molar refractivity (Wildman–Crippen MR) is 96.9 cm³/mol. The first-order valence-electron chi connectivity index (χ1n) is 8.97. The number of hydrogen-bond donors (Lipinski definition) is 2. The van der Waals surface area contributed by atoms with E-state index in [1.54, 1.807) is 0 Å². The van der Waals surface area contributed by atoms with Crippen LogP contribution in [0.15, 0.2) is 17.1 Å². The van der Waals surface area contributed by atoms with Gasteiger partial charge in [0.15, 0.2) is 12.4 Å². The van der Waals surface area contributed by atoms with Gasteiger partial charge in [0.1, 0.15) is 18.5 Å². The number of aliphatic hydroxyl groups excluding tert-OH is 1. The van der Waals surface area contributed by atoms with Gasteiger partial charge in [-0.25, -0.2) is 9.18 Å². The van der Waals surface area contributed by atoms with Gasteiger partial charge in [-0.1, -0.05) is 44.2 Å². The van der Waals surface area contributed by atoms with Gasteiger partial charge in [-0.15, -0.1) is 0 Å². The largest absolute Gasteiger partial charge is 0.461 e. The van der Waals surface area contributed by atoms with Crippen LogP contribution in [0.2, 0.25) is 0 Å². The highest BCUT2D eigenvalue weighted by Crippen LogP contribution is 2.41. The molecule has 10 heteroatoms. The van der Waals surface area contributed by atoms with E-state index in [2.05, 4.69) is 11.9 Å². The Morgan fingerprint density at radius 2 is 2.19 bits per heavy atom. The number of alkyl halides is 2. The Morgan fingerprint density at radius 3 is 2.85 bits per heavy atom. The first-order valence-corrected chi connectivity index (χ1v) is 9.35. The molecule has 1 aromatic heterocycles. The van der Waals surface area contributed by atoms with E-state index in [0.29, 0.717) is 6.42 Å². The fourth-order valence-electron chi connectivity index (χ4n) is 2.80. The monoisotopic (exact) mass is 405 g/mol. The van der Waals surface area contributed by atoms with E-state index >= 15 is 0 Å². The van der Waals surface area contributed by atoms with Gasteiger partial charge >= 0.3 is 11.7 Å². The first-order chi connectivity index (χ1) is 12.8. The van der Waals surface area contributed by atoms with Gasteiger partial charge in [0.05, 0.1) is 0 Å². The average molecular weight is 406 g/mol. The van der Waals surface area contributed by atoms with Gasteiger partial charge in [-0.05, 0) is 12.5 Å². The van der Waals surface area contributed by atoms with Crippen LogP contribution < -0.4 is 11.4 Å². The van der Waals surface area contributed by atoms with Crippen molar-refractivity contribution in [3.8, 4) is 0 Å². The van der Waals surface area contributed by atoms with Gasteiger partial charge in [0, 0.05) is 12.6 Å². The number of carbonyl (C=O) groups excluding carboxylic acids is 1. The van der Waals surface area contributed by atoms with Crippen LogP contribution in [0, 0.1) is 0 Å². The van der Waals surface area contributed by atoms with E-state index in [4.69, 9.17) is 26.8 Å². The molecule has 8 nitrogen and oxygen atoms in total. The second-order valence-corrected chi connectivity index (χ2v) is 7.19. The Morgan fingerprint density at radius 1 is 1.48 bits per heavy atom. The summed E-state index contributed by atoms with van der Waals surface area (Å²) in [5.74, 6) is -0.539. The van der Waals surface area contributed by atoms with Crippen molar-refractivity contribution in [1.82, 2.24) is 9.55 Å². The summed E-state index contributed by atoms with van der Waals surface area (Å²) in [6, 6.07) is 1.29. The molecule has 0 radical (unpaired) electrons. The first kappa shape index (κ1) is 21.6.